The molecule has 0 amide bonds. The van der Waals surface area contributed by atoms with Crippen LogP contribution in [0.4, 0.5) is 0 Å². The van der Waals surface area contributed by atoms with Crippen LogP contribution in [0, 0.1) is 0 Å². The number of rotatable bonds is 4. The third kappa shape index (κ3) is 3.72. The van der Waals surface area contributed by atoms with Crippen LogP contribution in [0.3, 0.4) is 0 Å². The van der Waals surface area contributed by atoms with Crippen LogP contribution in [0.1, 0.15) is 39.5 Å². The highest BCUT2D eigenvalue weighted by molar-refractivity contribution is 8.20. The summed E-state index contributed by atoms with van der Waals surface area (Å²) in [5, 5.41) is 10.5. The van der Waals surface area contributed by atoms with Crippen LogP contribution in [0.5, 0.6) is 0 Å². The third-order valence-electron chi connectivity index (χ3n) is 3.55. The molecule has 18 heavy (non-hydrogen) atoms. The first-order valence-corrected chi connectivity index (χ1v) is 10.8. The summed E-state index contributed by atoms with van der Waals surface area (Å²) in [4.78, 5) is 0. The molecule has 2 aliphatic heterocycles. The van der Waals surface area contributed by atoms with E-state index in [1.54, 1.807) is 0 Å². The summed E-state index contributed by atoms with van der Waals surface area (Å²) in [6, 6.07) is 0. The number of hydrogen-bond donors (Lipinski definition) is 1. The fourth-order valence-corrected chi connectivity index (χ4v) is 9.81. The Bertz CT molecular complexity index is 260. The molecule has 2 fully saturated rings. The van der Waals surface area contributed by atoms with Gasteiger partial charge in [-0.3, -0.25) is 0 Å². The Morgan fingerprint density at radius 1 is 1.00 bits per heavy atom. The monoisotopic (exact) mass is 324 g/mol. The zero-order chi connectivity index (χ0) is 13.1. The van der Waals surface area contributed by atoms with Crippen LogP contribution < -0.4 is 0 Å². The maximum Gasteiger partial charge on any atom is 0.0889 e. The first kappa shape index (κ1) is 15.7. The highest BCUT2D eigenvalue weighted by Gasteiger charge is 2.46. The minimum Gasteiger partial charge on any atom is -0.391 e. The van der Waals surface area contributed by atoms with Gasteiger partial charge in [0.1, 0.15) is 0 Å². The van der Waals surface area contributed by atoms with Gasteiger partial charge in [-0.25, -0.2) is 0 Å². The number of aliphatic hydroxyl groups excluding tert-OH is 1. The van der Waals surface area contributed by atoms with Crippen molar-refractivity contribution >= 4 is 47.0 Å². The topological polar surface area (TPSA) is 20.2 Å². The Labute approximate surface area is 128 Å². The van der Waals surface area contributed by atoms with Crippen molar-refractivity contribution in [2.75, 3.05) is 23.0 Å². The van der Waals surface area contributed by atoms with Gasteiger partial charge in [0.05, 0.1) is 14.3 Å². The molecule has 1 N–H and O–H groups in total. The molecule has 106 valence electrons. The molecule has 0 aliphatic carbocycles. The van der Waals surface area contributed by atoms with Crippen LogP contribution >= 0.6 is 47.0 Å². The second kappa shape index (κ2) is 6.88. The van der Waals surface area contributed by atoms with E-state index in [0.717, 1.165) is 12.8 Å². The van der Waals surface area contributed by atoms with Crippen molar-refractivity contribution in [3.05, 3.63) is 0 Å². The van der Waals surface area contributed by atoms with E-state index in [0.29, 0.717) is 4.08 Å². The molecule has 1 unspecified atom stereocenters. The lowest BCUT2D eigenvalue weighted by Gasteiger charge is -2.46. The van der Waals surface area contributed by atoms with Gasteiger partial charge in [0.15, 0.2) is 0 Å². The van der Waals surface area contributed by atoms with Crippen LogP contribution in [0.15, 0.2) is 0 Å². The maximum atomic E-state index is 10.5. The molecular formula is C13H24OS4. The van der Waals surface area contributed by atoms with Gasteiger partial charge in [0.25, 0.3) is 0 Å². The Kier molecular flexibility index (Phi) is 6.02. The van der Waals surface area contributed by atoms with Gasteiger partial charge >= 0.3 is 0 Å². The molecule has 0 aromatic carbocycles. The predicted molar refractivity (Wildman–Crippen MR) is 91.1 cm³/mol. The molecule has 2 rings (SSSR count). The van der Waals surface area contributed by atoms with Crippen molar-refractivity contribution in [1.82, 2.24) is 0 Å². The van der Waals surface area contributed by atoms with E-state index in [1.165, 1.54) is 35.9 Å². The second-order valence-corrected chi connectivity index (χ2v) is 11.7. The summed E-state index contributed by atoms with van der Waals surface area (Å²) in [6.07, 6.45) is 4.50. The average molecular weight is 325 g/mol. The van der Waals surface area contributed by atoms with E-state index in [-0.39, 0.29) is 10.2 Å². The van der Waals surface area contributed by atoms with Gasteiger partial charge in [-0.1, -0.05) is 6.92 Å². The highest BCUT2D eigenvalue weighted by Crippen LogP contribution is 2.56. The summed E-state index contributed by atoms with van der Waals surface area (Å²) in [6.45, 7) is 4.51. The molecule has 0 aromatic heterocycles. The minimum atomic E-state index is -0.159. The maximum absolute atomic E-state index is 10.5. The van der Waals surface area contributed by atoms with Crippen LogP contribution in [0.2, 0.25) is 0 Å². The molecule has 2 aliphatic rings. The zero-order valence-corrected chi connectivity index (χ0v) is 14.6. The first-order valence-electron chi connectivity index (χ1n) is 6.84. The van der Waals surface area contributed by atoms with E-state index in [9.17, 15) is 5.11 Å². The second-order valence-electron chi connectivity index (χ2n) is 5.15. The molecule has 2 heterocycles. The fourth-order valence-electron chi connectivity index (χ4n) is 2.54. The summed E-state index contributed by atoms with van der Waals surface area (Å²) < 4.78 is 0.366. The van der Waals surface area contributed by atoms with Crippen molar-refractivity contribution in [3.63, 3.8) is 0 Å². The van der Waals surface area contributed by atoms with Gasteiger partial charge in [-0.05, 0) is 55.6 Å². The Balaban J connectivity index is 2.08. The molecule has 2 saturated heterocycles. The largest absolute Gasteiger partial charge is 0.391 e. The molecule has 0 radical (unpaired) electrons. The van der Waals surface area contributed by atoms with E-state index >= 15 is 0 Å². The van der Waals surface area contributed by atoms with Crippen molar-refractivity contribution in [2.24, 2.45) is 0 Å². The summed E-state index contributed by atoms with van der Waals surface area (Å²) in [7, 11) is 0. The van der Waals surface area contributed by atoms with Crippen molar-refractivity contribution < 1.29 is 5.11 Å². The Morgan fingerprint density at radius 2 is 1.50 bits per heavy atom. The summed E-state index contributed by atoms with van der Waals surface area (Å²) >= 11 is 8.27. The first-order chi connectivity index (χ1) is 8.60. The third-order valence-corrected chi connectivity index (χ3v) is 10.3. The highest BCUT2D eigenvalue weighted by atomic mass is 32.2. The fraction of sp³-hybridized carbons (Fsp3) is 1.00. The molecule has 0 bridgehead atoms. The SMILES string of the molecule is CCC(O)C1(CC2(C)SCCCS2)SCCCS1. The molecular weight excluding hydrogens is 300 g/mol. The Morgan fingerprint density at radius 3 is 2.00 bits per heavy atom. The number of aliphatic hydroxyl groups is 1. The van der Waals surface area contributed by atoms with Gasteiger partial charge < -0.3 is 5.11 Å². The van der Waals surface area contributed by atoms with E-state index < -0.39 is 0 Å². The number of thioether (sulfide) groups is 4. The molecule has 5 heteroatoms. The van der Waals surface area contributed by atoms with Crippen LogP contribution in [-0.4, -0.2) is 42.4 Å². The lowest BCUT2D eigenvalue weighted by atomic mass is 10.1. The van der Waals surface area contributed by atoms with Gasteiger partial charge in [0.2, 0.25) is 0 Å². The van der Waals surface area contributed by atoms with Crippen LogP contribution in [0.25, 0.3) is 0 Å². The standard InChI is InChI=1S/C13H24OS4/c1-3-11(14)13(17-8-5-9-18-13)10-12(2)15-6-4-7-16-12/h11,14H,3-10H2,1-2H3. The normalized spacial score (nSPS) is 28.8. The van der Waals surface area contributed by atoms with Crippen molar-refractivity contribution in [3.8, 4) is 0 Å². The molecule has 1 nitrogen and oxygen atoms in total. The minimum absolute atomic E-state index is 0.0547. The average Bonchev–Trinajstić information content (AvgIpc) is 2.39. The van der Waals surface area contributed by atoms with Crippen molar-refractivity contribution in [2.45, 2.75) is 53.8 Å². The van der Waals surface area contributed by atoms with E-state index in [4.69, 9.17) is 0 Å². The smallest absolute Gasteiger partial charge is 0.0889 e. The summed E-state index contributed by atoms with van der Waals surface area (Å²) in [5.41, 5.74) is 0. The molecule has 0 aromatic rings. The molecule has 1 atom stereocenters. The molecule has 0 spiro atoms. The van der Waals surface area contributed by atoms with E-state index in [2.05, 4.69) is 37.4 Å². The molecule has 0 saturated carbocycles. The van der Waals surface area contributed by atoms with Crippen LogP contribution in [-0.2, 0) is 0 Å². The van der Waals surface area contributed by atoms with E-state index in [1.807, 2.05) is 23.5 Å². The quantitative estimate of drug-likeness (QED) is 0.829. The summed E-state index contributed by atoms with van der Waals surface area (Å²) in [5.74, 6) is 5.01. The lowest BCUT2D eigenvalue weighted by Crippen LogP contribution is -2.43. The van der Waals surface area contributed by atoms with Gasteiger partial charge in [-0.2, -0.15) is 0 Å². The van der Waals surface area contributed by atoms with Crippen molar-refractivity contribution in [1.29, 1.82) is 0 Å². The lowest BCUT2D eigenvalue weighted by molar-refractivity contribution is 0.152. The Hall–Kier alpha value is 1.36. The predicted octanol–water partition coefficient (Wildman–Crippen LogP) is 4.30. The zero-order valence-electron chi connectivity index (χ0n) is 11.3. The van der Waals surface area contributed by atoms with Gasteiger partial charge in [-0.15, -0.1) is 47.0 Å². The number of hydrogen-bond acceptors (Lipinski definition) is 5. The van der Waals surface area contributed by atoms with Gasteiger partial charge in [0, 0.05) is 0 Å².